The summed E-state index contributed by atoms with van der Waals surface area (Å²) < 4.78 is 7.01. The monoisotopic (exact) mass is 334 g/mol. The topological polar surface area (TPSA) is 34.1 Å². The minimum atomic E-state index is 0.392. The largest absolute Gasteiger partial charge is 0.439 e. The van der Waals surface area contributed by atoms with Gasteiger partial charge in [0, 0.05) is 17.1 Å². The molecule has 4 heteroatoms. The third-order valence-corrected chi connectivity index (χ3v) is 3.44. The highest BCUT2D eigenvalue weighted by molar-refractivity contribution is 9.10. The van der Waals surface area contributed by atoms with Crippen molar-refractivity contribution in [2.24, 2.45) is 0 Å². The molecule has 20 heavy (non-hydrogen) atoms. The van der Waals surface area contributed by atoms with Gasteiger partial charge in [-0.3, -0.25) is 0 Å². The molecule has 1 N–H and O–H groups in total. The number of halogens is 1. The van der Waals surface area contributed by atoms with Gasteiger partial charge in [-0.1, -0.05) is 35.8 Å². The maximum Gasteiger partial charge on any atom is 0.219 e. The Bertz CT molecular complexity index is 584. The minimum Gasteiger partial charge on any atom is -0.439 e. The molecule has 0 aliphatic heterocycles. The number of ether oxygens (including phenoxy) is 1. The average molecular weight is 335 g/mol. The second kappa shape index (κ2) is 6.86. The van der Waals surface area contributed by atoms with Crippen LogP contribution in [0.4, 0.5) is 0 Å². The molecule has 0 bridgehead atoms. The molecule has 106 valence electrons. The quantitative estimate of drug-likeness (QED) is 0.875. The number of aromatic nitrogens is 1. The van der Waals surface area contributed by atoms with Crippen molar-refractivity contribution in [3.05, 3.63) is 52.1 Å². The van der Waals surface area contributed by atoms with Gasteiger partial charge in [0.15, 0.2) is 0 Å². The lowest BCUT2D eigenvalue weighted by Crippen LogP contribution is -2.07. The highest BCUT2D eigenvalue weighted by Crippen LogP contribution is 2.32. The predicted molar refractivity (Wildman–Crippen MR) is 85.3 cm³/mol. The van der Waals surface area contributed by atoms with E-state index in [1.54, 1.807) is 0 Å². The third kappa shape index (κ3) is 3.81. The lowest BCUT2D eigenvalue weighted by Gasteiger charge is -2.14. The summed E-state index contributed by atoms with van der Waals surface area (Å²) in [6.07, 6.45) is 0. The van der Waals surface area contributed by atoms with Crippen LogP contribution in [0.2, 0.25) is 0 Å². The summed E-state index contributed by atoms with van der Waals surface area (Å²) in [4.78, 5) is 4.48. The van der Waals surface area contributed by atoms with Crippen molar-refractivity contribution in [3.63, 3.8) is 0 Å². The average Bonchev–Trinajstić information content (AvgIpc) is 2.41. The number of hydrogen-bond donors (Lipinski definition) is 1. The van der Waals surface area contributed by atoms with Gasteiger partial charge >= 0.3 is 0 Å². The van der Waals surface area contributed by atoms with Crippen LogP contribution in [0.15, 0.2) is 40.9 Å². The Morgan fingerprint density at radius 1 is 1.25 bits per heavy atom. The van der Waals surface area contributed by atoms with Gasteiger partial charge in [-0.2, -0.15) is 0 Å². The standard InChI is InChI=1S/C16H19BrN2O/c1-11(2)14-9-12(17)7-8-15(14)20-16-6-4-5-13(19-16)10-18-3/h4-9,11,18H,10H2,1-3H3. The molecular formula is C16H19BrN2O. The van der Waals surface area contributed by atoms with E-state index < -0.39 is 0 Å². The van der Waals surface area contributed by atoms with Crippen molar-refractivity contribution in [2.75, 3.05) is 7.05 Å². The van der Waals surface area contributed by atoms with Gasteiger partial charge < -0.3 is 10.1 Å². The van der Waals surface area contributed by atoms with Crippen LogP contribution >= 0.6 is 15.9 Å². The Kier molecular flexibility index (Phi) is 5.15. The number of nitrogens with one attached hydrogen (secondary N) is 1. The molecule has 0 atom stereocenters. The van der Waals surface area contributed by atoms with E-state index in [9.17, 15) is 0 Å². The third-order valence-electron chi connectivity index (χ3n) is 2.95. The number of nitrogens with zero attached hydrogens (tertiary/aromatic N) is 1. The van der Waals surface area contributed by atoms with Crippen LogP contribution in [-0.4, -0.2) is 12.0 Å². The SMILES string of the molecule is CNCc1cccc(Oc2ccc(Br)cc2C(C)C)n1. The summed E-state index contributed by atoms with van der Waals surface area (Å²) in [6.45, 7) is 5.04. The molecule has 2 rings (SSSR count). The fraction of sp³-hybridized carbons (Fsp3) is 0.312. The van der Waals surface area contributed by atoms with Crippen LogP contribution in [0.5, 0.6) is 11.6 Å². The molecule has 1 aromatic heterocycles. The van der Waals surface area contributed by atoms with Crippen molar-refractivity contribution in [2.45, 2.75) is 26.3 Å². The van der Waals surface area contributed by atoms with Gasteiger partial charge in [-0.05, 0) is 42.8 Å². The van der Waals surface area contributed by atoms with E-state index in [1.165, 1.54) is 5.56 Å². The van der Waals surface area contributed by atoms with E-state index in [-0.39, 0.29) is 0 Å². The van der Waals surface area contributed by atoms with Crippen molar-refractivity contribution >= 4 is 15.9 Å². The summed E-state index contributed by atoms with van der Waals surface area (Å²) >= 11 is 3.50. The Balaban J connectivity index is 2.27. The Morgan fingerprint density at radius 2 is 2.05 bits per heavy atom. The first kappa shape index (κ1) is 15.0. The molecule has 0 aliphatic rings. The van der Waals surface area contributed by atoms with Crippen LogP contribution in [0, 0.1) is 0 Å². The van der Waals surface area contributed by atoms with Crippen LogP contribution in [0.25, 0.3) is 0 Å². The second-order valence-corrected chi connectivity index (χ2v) is 5.85. The minimum absolute atomic E-state index is 0.392. The van der Waals surface area contributed by atoms with Gasteiger partial charge in [0.25, 0.3) is 0 Å². The number of pyridine rings is 1. The maximum absolute atomic E-state index is 5.95. The van der Waals surface area contributed by atoms with E-state index >= 15 is 0 Å². The fourth-order valence-electron chi connectivity index (χ4n) is 1.97. The first-order chi connectivity index (χ1) is 9.60. The molecule has 0 saturated carbocycles. The fourth-order valence-corrected chi connectivity index (χ4v) is 2.35. The van der Waals surface area contributed by atoms with E-state index in [1.807, 2.05) is 37.4 Å². The molecule has 0 fully saturated rings. The normalized spacial score (nSPS) is 10.8. The Labute approximate surface area is 128 Å². The summed E-state index contributed by atoms with van der Waals surface area (Å²) in [5.74, 6) is 1.88. The van der Waals surface area contributed by atoms with Gasteiger partial charge in [0.1, 0.15) is 5.75 Å². The molecule has 1 heterocycles. The zero-order valence-electron chi connectivity index (χ0n) is 12.0. The van der Waals surface area contributed by atoms with Crippen molar-refractivity contribution in [1.29, 1.82) is 0 Å². The second-order valence-electron chi connectivity index (χ2n) is 4.94. The van der Waals surface area contributed by atoms with E-state index in [0.717, 1.165) is 22.5 Å². The van der Waals surface area contributed by atoms with Gasteiger partial charge in [-0.25, -0.2) is 4.98 Å². The molecule has 0 unspecified atom stereocenters. The lowest BCUT2D eigenvalue weighted by molar-refractivity contribution is 0.451. The predicted octanol–water partition coefficient (Wildman–Crippen LogP) is 4.48. The van der Waals surface area contributed by atoms with E-state index in [2.05, 4.69) is 46.1 Å². The first-order valence-electron chi connectivity index (χ1n) is 6.68. The first-order valence-corrected chi connectivity index (χ1v) is 7.47. The van der Waals surface area contributed by atoms with Crippen molar-refractivity contribution in [1.82, 2.24) is 10.3 Å². The summed E-state index contributed by atoms with van der Waals surface area (Å²) in [5, 5.41) is 3.09. The maximum atomic E-state index is 5.95. The molecule has 0 amide bonds. The molecule has 2 aromatic rings. The summed E-state index contributed by atoms with van der Waals surface area (Å²) in [5.41, 5.74) is 2.13. The number of hydrogen-bond acceptors (Lipinski definition) is 3. The van der Waals surface area contributed by atoms with Crippen molar-refractivity contribution < 1.29 is 4.74 Å². The van der Waals surface area contributed by atoms with Crippen LogP contribution < -0.4 is 10.1 Å². The Morgan fingerprint density at radius 3 is 2.75 bits per heavy atom. The van der Waals surface area contributed by atoms with Crippen LogP contribution in [-0.2, 0) is 6.54 Å². The van der Waals surface area contributed by atoms with Gasteiger partial charge in [0.2, 0.25) is 5.88 Å². The van der Waals surface area contributed by atoms with E-state index in [0.29, 0.717) is 11.8 Å². The smallest absolute Gasteiger partial charge is 0.219 e. The molecule has 0 spiro atoms. The molecule has 0 aliphatic carbocycles. The van der Waals surface area contributed by atoms with Gasteiger partial charge in [-0.15, -0.1) is 0 Å². The van der Waals surface area contributed by atoms with Crippen LogP contribution in [0.3, 0.4) is 0 Å². The molecule has 1 aromatic carbocycles. The van der Waals surface area contributed by atoms with Crippen LogP contribution in [0.1, 0.15) is 31.0 Å². The zero-order valence-corrected chi connectivity index (χ0v) is 13.6. The summed E-state index contributed by atoms with van der Waals surface area (Å²) in [7, 11) is 1.90. The summed E-state index contributed by atoms with van der Waals surface area (Å²) in [6, 6.07) is 11.9. The zero-order chi connectivity index (χ0) is 14.5. The van der Waals surface area contributed by atoms with Crippen molar-refractivity contribution in [3.8, 4) is 11.6 Å². The molecule has 0 saturated heterocycles. The number of benzene rings is 1. The molecular weight excluding hydrogens is 316 g/mol. The van der Waals surface area contributed by atoms with E-state index in [4.69, 9.17) is 4.74 Å². The number of rotatable bonds is 5. The lowest BCUT2D eigenvalue weighted by atomic mass is 10.0. The molecule has 0 radical (unpaired) electrons. The highest BCUT2D eigenvalue weighted by atomic mass is 79.9. The molecule has 3 nitrogen and oxygen atoms in total. The Hall–Kier alpha value is -1.39. The highest BCUT2D eigenvalue weighted by Gasteiger charge is 2.10. The van der Waals surface area contributed by atoms with Gasteiger partial charge in [0.05, 0.1) is 5.69 Å².